The number of hydrogen-bond acceptors (Lipinski definition) is 4. The van der Waals surface area contributed by atoms with E-state index in [9.17, 15) is 0 Å². The molecule has 0 radical (unpaired) electrons. The highest BCUT2D eigenvalue weighted by molar-refractivity contribution is 6.31. The van der Waals surface area contributed by atoms with E-state index in [1.807, 2.05) is 24.3 Å². The maximum atomic E-state index is 6.34. The summed E-state index contributed by atoms with van der Waals surface area (Å²) < 4.78 is 0. The van der Waals surface area contributed by atoms with Crippen LogP contribution in [0.25, 0.3) is 21.8 Å². The number of unbranched alkanes of at least 4 members (excludes halogenated alkanes) is 3. The molecule has 2 aliphatic carbocycles. The average Bonchev–Trinajstić information content (AvgIpc) is 2.91. The number of nitrogens with zero attached hydrogens (tertiary/aromatic N) is 2. The molecule has 0 unspecified atom stereocenters. The first-order chi connectivity index (χ1) is 20.1. The molecule has 222 valence electrons. The molecule has 2 aliphatic rings. The Morgan fingerprint density at radius 3 is 1.50 bits per heavy atom. The molecule has 2 aromatic heterocycles. The van der Waals surface area contributed by atoms with Crippen LogP contribution in [0.3, 0.4) is 0 Å². The van der Waals surface area contributed by atoms with E-state index in [-0.39, 0.29) is 0 Å². The zero-order valence-electron chi connectivity index (χ0n) is 25.6. The fourth-order valence-electron chi connectivity index (χ4n) is 6.93. The fraction of sp³-hybridized carbons (Fsp3) is 0.500. The van der Waals surface area contributed by atoms with Gasteiger partial charge in [0.2, 0.25) is 0 Å². The van der Waals surface area contributed by atoms with Gasteiger partial charge in [0.05, 0.1) is 11.0 Å². The predicted octanol–water partition coefficient (Wildman–Crippen LogP) is 10.2. The first kappa shape index (κ1) is 29.5. The van der Waals surface area contributed by atoms with Gasteiger partial charge < -0.3 is 10.6 Å². The number of pyridine rings is 2. The fourth-order valence-corrected chi connectivity index (χ4v) is 7.26. The molecule has 0 spiro atoms. The van der Waals surface area contributed by atoms with Crippen LogP contribution < -0.4 is 10.6 Å². The third-order valence-electron chi connectivity index (χ3n) is 9.37. The summed E-state index contributed by atoms with van der Waals surface area (Å²) in [5, 5.41) is 11.5. The van der Waals surface area contributed by atoms with Gasteiger partial charge in [0.1, 0.15) is 0 Å². The Hall–Kier alpha value is -2.56. The molecular weight excluding hydrogens is 559 g/mol. The van der Waals surface area contributed by atoms with E-state index < -0.39 is 0 Å². The molecule has 0 bridgehead atoms. The van der Waals surface area contributed by atoms with Crippen molar-refractivity contribution in [2.24, 2.45) is 10.8 Å². The van der Waals surface area contributed by atoms with Crippen molar-refractivity contribution in [2.45, 2.75) is 91.9 Å². The highest BCUT2D eigenvalue weighted by atomic mass is 35.5. The van der Waals surface area contributed by atoms with Gasteiger partial charge >= 0.3 is 0 Å². The first-order valence-electron chi connectivity index (χ1n) is 15.8. The Kier molecular flexibility index (Phi) is 8.32. The van der Waals surface area contributed by atoms with E-state index in [2.05, 4.69) is 50.5 Å². The maximum absolute atomic E-state index is 6.34. The summed E-state index contributed by atoms with van der Waals surface area (Å²) >= 11 is 12.7. The number of hydrogen-bond donors (Lipinski definition) is 2. The van der Waals surface area contributed by atoms with Gasteiger partial charge in [-0.05, 0) is 110 Å². The summed E-state index contributed by atoms with van der Waals surface area (Å²) in [6, 6.07) is 12.3. The van der Waals surface area contributed by atoms with E-state index in [4.69, 9.17) is 33.2 Å². The van der Waals surface area contributed by atoms with Gasteiger partial charge in [-0.2, -0.15) is 0 Å². The second-order valence-corrected chi connectivity index (χ2v) is 15.0. The van der Waals surface area contributed by atoms with Crippen molar-refractivity contribution in [3.63, 3.8) is 0 Å². The molecule has 4 aromatic rings. The van der Waals surface area contributed by atoms with Crippen LogP contribution >= 0.6 is 23.2 Å². The highest BCUT2D eigenvalue weighted by Gasteiger charge is 2.30. The molecule has 0 saturated heterocycles. The van der Waals surface area contributed by atoms with Gasteiger partial charge in [0, 0.05) is 56.7 Å². The van der Waals surface area contributed by atoms with Crippen molar-refractivity contribution in [1.29, 1.82) is 0 Å². The van der Waals surface area contributed by atoms with Gasteiger partial charge in [-0.1, -0.05) is 63.7 Å². The van der Waals surface area contributed by atoms with Crippen molar-refractivity contribution in [2.75, 3.05) is 23.7 Å². The third kappa shape index (κ3) is 6.36. The lowest BCUT2D eigenvalue weighted by atomic mass is 9.75. The van der Waals surface area contributed by atoms with Crippen LogP contribution in [0.4, 0.5) is 11.4 Å². The molecule has 0 atom stereocenters. The highest BCUT2D eigenvalue weighted by Crippen LogP contribution is 2.41. The van der Waals surface area contributed by atoms with Gasteiger partial charge in [0.25, 0.3) is 0 Å². The van der Waals surface area contributed by atoms with Crippen LogP contribution in [-0.4, -0.2) is 23.1 Å². The van der Waals surface area contributed by atoms with Gasteiger partial charge in [-0.3, -0.25) is 9.97 Å². The van der Waals surface area contributed by atoms with Crippen molar-refractivity contribution >= 4 is 56.4 Å². The number of aromatic nitrogens is 2. The smallest absolute Gasteiger partial charge is 0.0741 e. The van der Waals surface area contributed by atoms with E-state index in [0.29, 0.717) is 10.8 Å². The predicted molar refractivity (Wildman–Crippen MR) is 181 cm³/mol. The Bertz CT molecular complexity index is 1500. The van der Waals surface area contributed by atoms with Crippen LogP contribution in [-0.2, 0) is 25.7 Å². The number of nitrogens with one attached hydrogen (secondary N) is 2. The summed E-state index contributed by atoms with van der Waals surface area (Å²) in [5.74, 6) is 0. The standard InChI is InChI=1S/C36H44Cl2N4/c1-35(2)15-13-27-31(21-35)41-29-19-23(37)9-11-25(29)33(27)39-17-7-5-6-8-18-40-34-26-12-10-24(38)20-30(26)42-32-22-36(3,4)16-14-28(32)34/h9-12,19-20H,5-8,13-18,21-22H2,1-4H3,(H,39,41)(H,40,42). The van der Waals surface area contributed by atoms with Crippen molar-refractivity contribution in [1.82, 2.24) is 9.97 Å². The molecule has 2 aromatic carbocycles. The average molecular weight is 604 g/mol. The summed E-state index contributed by atoms with van der Waals surface area (Å²) in [6.45, 7) is 11.4. The zero-order chi connectivity index (χ0) is 29.5. The van der Waals surface area contributed by atoms with Gasteiger partial charge in [-0.25, -0.2) is 0 Å². The first-order valence-corrected chi connectivity index (χ1v) is 16.5. The topological polar surface area (TPSA) is 49.8 Å². The van der Waals surface area contributed by atoms with Crippen LogP contribution in [0.2, 0.25) is 10.0 Å². The molecule has 0 aliphatic heterocycles. The Morgan fingerprint density at radius 2 is 1.07 bits per heavy atom. The van der Waals surface area contributed by atoms with Crippen LogP contribution in [0.5, 0.6) is 0 Å². The molecule has 2 heterocycles. The monoisotopic (exact) mass is 602 g/mol. The summed E-state index contributed by atoms with van der Waals surface area (Å²) in [5.41, 5.74) is 10.5. The van der Waals surface area contributed by atoms with Crippen molar-refractivity contribution in [3.05, 3.63) is 69.0 Å². The molecular formula is C36H44Cl2N4. The maximum Gasteiger partial charge on any atom is 0.0741 e. The van der Waals surface area contributed by atoms with Gasteiger partial charge in [0.15, 0.2) is 0 Å². The van der Waals surface area contributed by atoms with E-state index in [0.717, 1.165) is 72.7 Å². The second-order valence-electron chi connectivity index (χ2n) is 14.1. The number of anilines is 2. The summed E-state index contributed by atoms with van der Waals surface area (Å²) in [7, 11) is 0. The Balaban J connectivity index is 1.06. The Morgan fingerprint density at radius 1 is 0.643 bits per heavy atom. The molecule has 2 N–H and O–H groups in total. The van der Waals surface area contributed by atoms with Crippen LogP contribution in [0.1, 0.15) is 88.7 Å². The Labute approximate surface area is 261 Å². The SMILES string of the molecule is CC1(C)CCc2c(nc3cc(Cl)ccc3c2NCCCCCCNc2c3c(nc4cc(Cl)ccc24)CC(C)(C)CC3)C1. The molecule has 0 amide bonds. The second kappa shape index (κ2) is 11.8. The van der Waals surface area contributed by atoms with Crippen molar-refractivity contribution < 1.29 is 0 Å². The van der Waals surface area contributed by atoms with E-state index >= 15 is 0 Å². The quantitative estimate of drug-likeness (QED) is 0.187. The number of benzene rings is 2. The molecule has 0 fully saturated rings. The minimum Gasteiger partial charge on any atom is -0.384 e. The summed E-state index contributed by atoms with van der Waals surface area (Å²) in [6.07, 6.45) is 11.3. The van der Waals surface area contributed by atoms with E-state index in [1.165, 1.54) is 70.3 Å². The lowest BCUT2D eigenvalue weighted by molar-refractivity contribution is 0.311. The number of rotatable bonds is 9. The minimum atomic E-state index is 0.295. The lowest BCUT2D eigenvalue weighted by Gasteiger charge is -2.32. The molecule has 4 nitrogen and oxygen atoms in total. The number of fused-ring (bicyclic) bond motifs is 4. The van der Waals surface area contributed by atoms with Crippen LogP contribution in [0.15, 0.2) is 36.4 Å². The lowest BCUT2D eigenvalue weighted by Crippen LogP contribution is -2.24. The zero-order valence-corrected chi connectivity index (χ0v) is 27.1. The minimum absolute atomic E-state index is 0.295. The number of halogens is 2. The largest absolute Gasteiger partial charge is 0.384 e. The molecule has 6 rings (SSSR count). The summed E-state index contributed by atoms with van der Waals surface area (Å²) in [4.78, 5) is 10.1. The molecule has 6 heteroatoms. The van der Waals surface area contributed by atoms with Crippen LogP contribution in [0, 0.1) is 10.8 Å². The van der Waals surface area contributed by atoms with E-state index in [1.54, 1.807) is 0 Å². The molecule has 0 saturated carbocycles. The van der Waals surface area contributed by atoms with Gasteiger partial charge in [-0.15, -0.1) is 0 Å². The normalized spacial score (nSPS) is 17.2. The molecule has 42 heavy (non-hydrogen) atoms. The van der Waals surface area contributed by atoms with Crippen molar-refractivity contribution in [3.8, 4) is 0 Å². The third-order valence-corrected chi connectivity index (χ3v) is 9.84.